The van der Waals surface area contributed by atoms with E-state index in [4.69, 9.17) is 11.6 Å². The molecule has 126 valence electrons. The number of halogens is 1. The molecule has 0 bridgehead atoms. The van der Waals surface area contributed by atoms with Gasteiger partial charge in [0, 0.05) is 19.3 Å². The number of carbonyl (C=O) groups is 1. The molecule has 0 atom stereocenters. The van der Waals surface area contributed by atoms with Gasteiger partial charge in [-0.25, -0.2) is 22.5 Å². The number of aryl methyl sites for hydroxylation is 1. The van der Waals surface area contributed by atoms with Crippen molar-refractivity contribution in [3.05, 3.63) is 58.9 Å². The number of hydrogen-bond acceptors (Lipinski definition) is 4. The first-order valence-corrected chi connectivity index (χ1v) is 9.18. The zero-order valence-electron chi connectivity index (χ0n) is 13.0. The van der Waals surface area contributed by atoms with Gasteiger partial charge in [0.25, 0.3) is 10.0 Å². The van der Waals surface area contributed by atoms with E-state index in [-0.39, 0.29) is 11.4 Å². The van der Waals surface area contributed by atoms with Gasteiger partial charge in [0.05, 0.1) is 11.4 Å². The fourth-order valence-corrected chi connectivity index (χ4v) is 3.98. The van der Waals surface area contributed by atoms with Gasteiger partial charge in [0.1, 0.15) is 5.15 Å². The number of hydrogen-bond donors (Lipinski definition) is 0. The number of rotatable bonds is 4. The molecule has 24 heavy (non-hydrogen) atoms. The van der Waals surface area contributed by atoms with Gasteiger partial charge in [-0.05, 0) is 30.7 Å². The second-order valence-corrected chi connectivity index (χ2v) is 7.83. The lowest BCUT2D eigenvalue weighted by molar-refractivity contribution is 0.205. The molecule has 0 saturated carbocycles. The average molecular weight is 366 g/mol. The zero-order chi connectivity index (χ0) is 17.3. The van der Waals surface area contributed by atoms with Crippen LogP contribution in [0.25, 0.3) is 0 Å². The van der Waals surface area contributed by atoms with Gasteiger partial charge in [0.2, 0.25) is 0 Å². The summed E-state index contributed by atoms with van der Waals surface area (Å²) in [6, 6.07) is 9.34. The van der Waals surface area contributed by atoms with Crippen molar-refractivity contribution in [2.45, 2.75) is 18.4 Å². The normalized spacial score (nSPS) is 15.2. The Morgan fingerprint density at radius 1 is 1.12 bits per heavy atom. The lowest BCUT2D eigenvalue weighted by atomic mass is 10.2. The minimum Gasteiger partial charge on any atom is -0.318 e. The van der Waals surface area contributed by atoms with Gasteiger partial charge in [-0.2, -0.15) is 0 Å². The number of sulfonamides is 1. The maximum absolute atomic E-state index is 12.6. The van der Waals surface area contributed by atoms with Crippen LogP contribution in [0.2, 0.25) is 5.15 Å². The first-order valence-electron chi connectivity index (χ1n) is 7.37. The highest BCUT2D eigenvalue weighted by atomic mass is 35.5. The predicted octanol–water partition coefficient (Wildman–Crippen LogP) is 2.67. The van der Waals surface area contributed by atoms with E-state index in [1.807, 2.05) is 6.92 Å². The van der Waals surface area contributed by atoms with Crippen LogP contribution in [0.5, 0.6) is 0 Å². The molecule has 8 heteroatoms. The van der Waals surface area contributed by atoms with Gasteiger partial charge in [-0.1, -0.05) is 35.4 Å². The highest BCUT2D eigenvalue weighted by molar-refractivity contribution is 7.89. The molecule has 1 fully saturated rings. The third-order valence-electron chi connectivity index (χ3n) is 3.83. The lowest BCUT2D eigenvalue weighted by Crippen LogP contribution is -2.36. The van der Waals surface area contributed by atoms with Crippen molar-refractivity contribution < 1.29 is 13.2 Å². The Kier molecular flexibility index (Phi) is 4.47. The standard InChI is InChI=1S/C16H16ClN3O3S/c1-12-2-5-14(6-3-12)24(22,23)20-9-8-19(16(20)21)11-13-4-7-15(17)18-10-13/h2-7,10H,8-9,11H2,1H3. The SMILES string of the molecule is Cc1ccc(S(=O)(=O)N2CCN(Cc3ccc(Cl)nc3)C2=O)cc1. The Morgan fingerprint density at radius 2 is 1.83 bits per heavy atom. The minimum absolute atomic E-state index is 0.122. The van der Waals surface area contributed by atoms with Crippen LogP contribution in [0.4, 0.5) is 4.79 Å². The molecule has 6 nitrogen and oxygen atoms in total. The molecule has 2 aromatic rings. The number of benzene rings is 1. The quantitative estimate of drug-likeness (QED) is 0.781. The second-order valence-electron chi connectivity index (χ2n) is 5.58. The largest absolute Gasteiger partial charge is 0.334 e. The van der Waals surface area contributed by atoms with Crippen molar-refractivity contribution in [1.29, 1.82) is 0 Å². The fraction of sp³-hybridized carbons (Fsp3) is 0.250. The summed E-state index contributed by atoms with van der Waals surface area (Å²) >= 11 is 5.74. The number of pyridine rings is 1. The summed E-state index contributed by atoms with van der Waals surface area (Å²) in [4.78, 5) is 18.1. The number of carbonyl (C=O) groups excluding carboxylic acids is 1. The average Bonchev–Trinajstić information content (AvgIpc) is 2.92. The molecule has 1 aliphatic heterocycles. The van der Waals surface area contributed by atoms with E-state index in [0.717, 1.165) is 15.4 Å². The van der Waals surface area contributed by atoms with Crippen molar-refractivity contribution in [2.75, 3.05) is 13.1 Å². The van der Waals surface area contributed by atoms with Crippen LogP contribution in [0.15, 0.2) is 47.5 Å². The molecule has 0 aliphatic carbocycles. The molecule has 1 aliphatic rings. The van der Waals surface area contributed by atoms with Crippen LogP contribution in [-0.2, 0) is 16.6 Å². The van der Waals surface area contributed by atoms with E-state index < -0.39 is 16.1 Å². The van der Waals surface area contributed by atoms with Gasteiger partial charge >= 0.3 is 6.03 Å². The van der Waals surface area contributed by atoms with E-state index in [1.165, 1.54) is 17.0 Å². The summed E-state index contributed by atoms with van der Waals surface area (Å²) < 4.78 is 26.2. The Morgan fingerprint density at radius 3 is 2.46 bits per heavy atom. The smallest absolute Gasteiger partial charge is 0.318 e. The van der Waals surface area contributed by atoms with Crippen molar-refractivity contribution in [3.63, 3.8) is 0 Å². The van der Waals surface area contributed by atoms with Gasteiger partial charge in [0.15, 0.2) is 0 Å². The van der Waals surface area contributed by atoms with E-state index in [9.17, 15) is 13.2 Å². The minimum atomic E-state index is -3.83. The highest BCUT2D eigenvalue weighted by Crippen LogP contribution is 2.22. The highest BCUT2D eigenvalue weighted by Gasteiger charge is 2.37. The van der Waals surface area contributed by atoms with Crippen molar-refractivity contribution in [1.82, 2.24) is 14.2 Å². The van der Waals surface area contributed by atoms with E-state index >= 15 is 0 Å². The van der Waals surface area contributed by atoms with Crippen molar-refractivity contribution >= 4 is 27.7 Å². The Labute approximate surface area is 145 Å². The van der Waals surface area contributed by atoms with E-state index in [1.54, 1.807) is 30.5 Å². The molecule has 0 unspecified atom stereocenters. The summed E-state index contributed by atoms with van der Waals surface area (Å²) in [6.45, 7) is 2.64. The number of aromatic nitrogens is 1. The van der Waals surface area contributed by atoms with Crippen LogP contribution in [0, 0.1) is 6.92 Å². The van der Waals surface area contributed by atoms with Crippen LogP contribution in [-0.4, -0.2) is 41.7 Å². The van der Waals surface area contributed by atoms with Crippen molar-refractivity contribution in [2.24, 2.45) is 0 Å². The third kappa shape index (κ3) is 3.22. The predicted molar refractivity (Wildman–Crippen MR) is 90.1 cm³/mol. The maximum atomic E-state index is 12.6. The number of nitrogens with zero attached hydrogens (tertiary/aromatic N) is 3. The second kappa shape index (κ2) is 6.41. The molecule has 2 heterocycles. The molecule has 1 aromatic carbocycles. The Hall–Kier alpha value is -2.12. The maximum Gasteiger partial charge on any atom is 0.334 e. The van der Waals surface area contributed by atoms with Gasteiger partial charge < -0.3 is 4.90 Å². The third-order valence-corrected chi connectivity index (χ3v) is 5.84. The van der Waals surface area contributed by atoms with Gasteiger partial charge in [-0.15, -0.1) is 0 Å². The molecule has 2 amide bonds. The molecule has 3 rings (SSSR count). The van der Waals surface area contributed by atoms with E-state index in [2.05, 4.69) is 4.98 Å². The molecule has 1 aromatic heterocycles. The fourth-order valence-electron chi connectivity index (χ4n) is 2.49. The monoisotopic (exact) mass is 365 g/mol. The Bertz CT molecular complexity index is 851. The van der Waals surface area contributed by atoms with Crippen LogP contribution in [0.1, 0.15) is 11.1 Å². The lowest BCUT2D eigenvalue weighted by Gasteiger charge is -2.18. The van der Waals surface area contributed by atoms with Crippen LogP contribution >= 0.6 is 11.6 Å². The van der Waals surface area contributed by atoms with Crippen LogP contribution in [0.3, 0.4) is 0 Å². The molecule has 0 radical (unpaired) electrons. The number of amides is 2. The summed E-state index contributed by atoms with van der Waals surface area (Å²) in [5, 5.41) is 0.370. The Balaban J connectivity index is 1.78. The molecular weight excluding hydrogens is 350 g/mol. The van der Waals surface area contributed by atoms with Gasteiger partial charge in [-0.3, -0.25) is 0 Å². The summed E-state index contributed by atoms with van der Waals surface area (Å²) in [5.41, 5.74) is 1.75. The first-order chi connectivity index (χ1) is 11.4. The molecule has 0 spiro atoms. The summed E-state index contributed by atoms with van der Waals surface area (Å²) in [5.74, 6) is 0. The first kappa shape index (κ1) is 16.7. The van der Waals surface area contributed by atoms with Crippen LogP contribution < -0.4 is 0 Å². The molecular formula is C16H16ClN3O3S. The van der Waals surface area contributed by atoms with E-state index in [0.29, 0.717) is 18.2 Å². The summed E-state index contributed by atoms with van der Waals surface area (Å²) in [6.07, 6.45) is 1.58. The molecule has 1 saturated heterocycles. The molecule has 0 N–H and O–H groups in total. The van der Waals surface area contributed by atoms with Crippen molar-refractivity contribution in [3.8, 4) is 0 Å². The summed E-state index contributed by atoms with van der Waals surface area (Å²) in [7, 11) is -3.83. The topological polar surface area (TPSA) is 70.6 Å². The number of urea groups is 1. The zero-order valence-corrected chi connectivity index (χ0v) is 14.6.